The lowest BCUT2D eigenvalue weighted by atomic mass is 10.1. The lowest BCUT2D eigenvalue weighted by Crippen LogP contribution is -1.81. The molecule has 3 rings (SSSR count). The standard InChI is InChI=1S/C13H8BrN/c14-12-5-1-4-11-10(12)7-6-9-3-2-8-15-13(9)11/h1-8H. The summed E-state index contributed by atoms with van der Waals surface area (Å²) in [5.74, 6) is 0. The normalized spacial score (nSPS) is 11.0. The first-order valence-corrected chi connectivity index (χ1v) is 5.57. The van der Waals surface area contributed by atoms with E-state index in [0.717, 1.165) is 9.99 Å². The van der Waals surface area contributed by atoms with Crippen LogP contribution in [0, 0.1) is 0 Å². The number of nitrogens with zero attached hydrogens (tertiary/aromatic N) is 1. The molecule has 1 heterocycles. The van der Waals surface area contributed by atoms with Crippen LogP contribution in [-0.4, -0.2) is 4.98 Å². The zero-order valence-electron chi connectivity index (χ0n) is 7.94. The molecule has 1 nitrogen and oxygen atoms in total. The average molecular weight is 258 g/mol. The van der Waals surface area contributed by atoms with Crippen LogP contribution < -0.4 is 0 Å². The van der Waals surface area contributed by atoms with Crippen LogP contribution in [0.3, 0.4) is 0 Å². The zero-order valence-corrected chi connectivity index (χ0v) is 9.53. The van der Waals surface area contributed by atoms with Gasteiger partial charge in [-0.3, -0.25) is 4.98 Å². The van der Waals surface area contributed by atoms with Crippen molar-refractivity contribution in [1.29, 1.82) is 0 Å². The quantitative estimate of drug-likeness (QED) is 0.552. The van der Waals surface area contributed by atoms with Crippen LogP contribution in [0.25, 0.3) is 21.7 Å². The molecule has 0 aliphatic carbocycles. The van der Waals surface area contributed by atoms with Crippen LogP contribution in [0.1, 0.15) is 0 Å². The molecular weight excluding hydrogens is 250 g/mol. The minimum absolute atomic E-state index is 1.07. The summed E-state index contributed by atoms with van der Waals surface area (Å²) in [6.07, 6.45) is 1.84. The first-order chi connectivity index (χ1) is 7.36. The second-order valence-corrected chi connectivity index (χ2v) is 4.33. The minimum atomic E-state index is 1.07. The fourth-order valence-electron chi connectivity index (χ4n) is 1.86. The fourth-order valence-corrected chi connectivity index (χ4v) is 2.36. The van der Waals surface area contributed by atoms with E-state index in [1.807, 2.05) is 18.3 Å². The Labute approximate surface area is 95.9 Å². The highest BCUT2D eigenvalue weighted by molar-refractivity contribution is 9.10. The van der Waals surface area contributed by atoms with Gasteiger partial charge in [0.15, 0.2) is 0 Å². The highest BCUT2D eigenvalue weighted by atomic mass is 79.9. The number of hydrogen-bond donors (Lipinski definition) is 0. The first-order valence-electron chi connectivity index (χ1n) is 4.78. The van der Waals surface area contributed by atoms with E-state index in [1.165, 1.54) is 16.2 Å². The summed E-state index contributed by atoms with van der Waals surface area (Å²) >= 11 is 3.55. The monoisotopic (exact) mass is 257 g/mol. The molecule has 0 saturated heterocycles. The molecule has 0 N–H and O–H groups in total. The Morgan fingerprint density at radius 2 is 1.80 bits per heavy atom. The Kier molecular flexibility index (Phi) is 1.96. The summed E-state index contributed by atoms with van der Waals surface area (Å²) in [7, 11) is 0. The molecule has 0 fully saturated rings. The van der Waals surface area contributed by atoms with Crippen molar-refractivity contribution in [3.63, 3.8) is 0 Å². The van der Waals surface area contributed by atoms with Crippen LogP contribution >= 0.6 is 15.9 Å². The minimum Gasteiger partial charge on any atom is -0.256 e. The number of benzene rings is 2. The van der Waals surface area contributed by atoms with Crippen LogP contribution in [-0.2, 0) is 0 Å². The SMILES string of the molecule is Brc1cccc2c1ccc1cccnc12. The van der Waals surface area contributed by atoms with E-state index in [4.69, 9.17) is 0 Å². The van der Waals surface area contributed by atoms with Crippen molar-refractivity contribution < 1.29 is 0 Å². The molecule has 2 heteroatoms. The van der Waals surface area contributed by atoms with Gasteiger partial charge in [-0.1, -0.05) is 46.3 Å². The largest absolute Gasteiger partial charge is 0.256 e. The van der Waals surface area contributed by atoms with Crippen molar-refractivity contribution in [2.75, 3.05) is 0 Å². The van der Waals surface area contributed by atoms with Crippen molar-refractivity contribution in [3.8, 4) is 0 Å². The number of rotatable bonds is 0. The second kappa shape index (κ2) is 3.31. The smallest absolute Gasteiger partial charge is 0.0780 e. The van der Waals surface area contributed by atoms with Gasteiger partial charge in [-0.05, 0) is 17.5 Å². The van der Waals surface area contributed by atoms with E-state index in [1.54, 1.807) is 0 Å². The summed E-state index contributed by atoms with van der Waals surface area (Å²) in [5, 5.41) is 3.59. The third-order valence-corrected chi connectivity index (χ3v) is 3.27. The molecule has 0 saturated carbocycles. The number of aromatic nitrogens is 1. The molecule has 0 spiro atoms. The predicted octanol–water partition coefficient (Wildman–Crippen LogP) is 4.15. The molecule has 15 heavy (non-hydrogen) atoms. The number of halogens is 1. The van der Waals surface area contributed by atoms with E-state index in [2.05, 4.69) is 51.2 Å². The van der Waals surface area contributed by atoms with E-state index >= 15 is 0 Å². The average Bonchev–Trinajstić information content (AvgIpc) is 2.29. The van der Waals surface area contributed by atoms with Crippen LogP contribution in [0.5, 0.6) is 0 Å². The molecule has 0 aliphatic heterocycles. The van der Waals surface area contributed by atoms with E-state index < -0.39 is 0 Å². The Morgan fingerprint density at radius 1 is 0.867 bits per heavy atom. The summed E-state index contributed by atoms with van der Waals surface area (Å²) in [6, 6.07) is 14.5. The molecule has 0 aliphatic rings. The molecule has 0 amide bonds. The Hall–Kier alpha value is -1.41. The molecule has 0 bridgehead atoms. The third-order valence-electron chi connectivity index (χ3n) is 2.58. The summed E-state index contributed by atoms with van der Waals surface area (Å²) in [6.45, 7) is 0. The molecule has 1 aromatic heterocycles. The molecule has 3 aromatic rings. The summed E-state index contributed by atoms with van der Waals surface area (Å²) in [5.41, 5.74) is 1.07. The lowest BCUT2D eigenvalue weighted by Gasteiger charge is -2.03. The van der Waals surface area contributed by atoms with E-state index in [0.29, 0.717) is 0 Å². The second-order valence-electron chi connectivity index (χ2n) is 3.48. The predicted molar refractivity (Wildman–Crippen MR) is 66.9 cm³/mol. The van der Waals surface area contributed by atoms with Crippen LogP contribution in [0.15, 0.2) is 53.1 Å². The lowest BCUT2D eigenvalue weighted by molar-refractivity contribution is 1.43. The Morgan fingerprint density at radius 3 is 2.73 bits per heavy atom. The van der Waals surface area contributed by atoms with E-state index in [-0.39, 0.29) is 0 Å². The van der Waals surface area contributed by atoms with Gasteiger partial charge in [-0.2, -0.15) is 0 Å². The van der Waals surface area contributed by atoms with Crippen LogP contribution in [0.4, 0.5) is 0 Å². The fraction of sp³-hybridized carbons (Fsp3) is 0. The van der Waals surface area contributed by atoms with Gasteiger partial charge in [0.2, 0.25) is 0 Å². The van der Waals surface area contributed by atoms with Gasteiger partial charge in [0.1, 0.15) is 0 Å². The van der Waals surface area contributed by atoms with Crippen molar-refractivity contribution in [3.05, 3.63) is 53.1 Å². The highest BCUT2D eigenvalue weighted by Crippen LogP contribution is 2.28. The molecule has 0 unspecified atom stereocenters. The molecular formula is C13H8BrN. The summed E-state index contributed by atoms with van der Waals surface area (Å²) in [4.78, 5) is 4.43. The number of pyridine rings is 1. The summed E-state index contributed by atoms with van der Waals surface area (Å²) < 4.78 is 1.12. The Bertz CT molecular complexity index is 646. The topological polar surface area (TPSA) is 12.9 Å². The van der Waals surface area contributed by atoms with Gasteiger partial charge in [-0.25, -0.2) is 0 Å². The van der Waals surface area contributed by atoms with Gasteiger partial charge in [-0.15, -0.1) is 0 Å². The van der Waals surface area contributed by atoms with Crippen molar-refractivity contribution in [2.24, 2.45) is 0 Å². The highest BCUT2D eigenvalue weighted by Gasteiger charge is 2.02. The van der Waals surface area contributed by atoms with Gasteiger partial charge in [0.05, 0.1) is 5.52 Å². The van der Waals surface area contributed by atoms with Crippen molar-refractivity contribution in [2.45, 2.75) is 0 Å². The van der Waals surface area contributed by atoms with Crippen molar-refractivity contribution in [1.82, 2.24) is 4.98 Å². The van der Waals surface area contributed by atoms with Gasteiger partial charge < -0.3 is 0 Å². The van der Waals surface area contributed by atoms with Gasteiger partial charge in [0.25, 0.3) is 0 Å². The third kappa shape index (κ3) is 1.33. The maximum absolute atomic E-state index is 4.43. The molecule has 0 radical (unpaired) electrons. The molecule has 0 atom stereocenters. The number of fused-ring (bicyclic) bond motifs is 3. The van der Waals surface area contributed by atoms with Crippen molar-refractivity contribution >= 4 is 37.6 Å². The maximum atomic E-state index is 4.43. The Balaban J connectivity index is 2.60. The number of hydrogen-bond acceptors (Lipinski definition) is 1. The van der Waals surface area contributed by atoms with E-state index in [9.17, 15) is 0 Å². The van der Waals surface area contributed by atoms with Crippen LogP contribution in [0.2, 0.25) is 0 Å². The molecule has 2 aromatic carbocycles. The van der Waals surface area contributed by atoms with Gasteiger partial charge in [0, 0.05) is 21.4 Å². The van der Waals surface area contributed by atoms with Gasteiger partial charge >= 0.3 is 0 Å². The maximum Gasteiger partial charge on any atom is 0.0780 e. The zero-order chi connectivity index (χ0) is 10.3. The molecule has 72 valence electrons. The first kappa shape index (κ1) is 8.86.